The fourth-order valence-electron chi connectivity index (χ4n) is 3.84. The van der Waals surface area contributed by atoms with Crippen LogP contribution in [0.5, 0.6) is 11.5 Å². The quantitative estimate of drug-likeness (QED) is 0.121. The smallest absolute Gasteiger partial charge is 0.159 e. The van der Waals surface area contributed by atoms with E-state index in [-0.39, 0.29) is 0 Å². The van der Waals surface area contributed by atoms with Crippen LogP contribution in [0.4, 0.5) is 0 Å². The van der Waals surface area contributed by atoms with E-state index >= 15 is 0 Å². The van der Waals surface area contributed by atoms with Crippen LogP contribution in [0.15, 0.2) is 48.8 Å². The molecule has 0 aliphatic carbocycles. The molecular weight excluding hydrogens is 448 g/mol. The van der Waals surface area contributed by atoms with Crippen LogP contribution in [0.3, 0.4) is 0 Å². The fourth-order valence-corrected chi connectivity index (χ4v) is 3.84. The molecule has 1 aromatic carbocycles. The minimum absolute atomic E-state index is 0.551. The van der Waals surface area contributed by atoms with Gasteiger partial charge in [0.1, 0.15) is 12.4 Å². The van der Waals surface area contributed by atoms with E-state index in [1.807, 2.05) is 24.3 Å². The molecule has 0 aliphatic rings. The maximum atomic E-state index is 5.85. The highest BCUT2D eigenvalue weighted by Crippen LogP contribution is 2.20. The zero-order chi connectivity index (χ0) is 25.5. The van der Waals surface area contributed by atoms with Gasteiger partial charge in [-0.3, -0.25) is 0 Å². The van der Waals surface area contributed by atoms with Crippen LogP contribution in [0.2, 0.25) is 0 Å². The Hall–Kier alpha value is -2.40. The summed E-state index contributed by atoms with van der Waals surface area (Å²) < 4.78 is 17.3. The van der Waals surface area contributed by atoms with Gasteiger partial charge in [-0.05, 0) is 56.4 Å². The number of benzene rings is 1. The van der Waals surface area contributed by atoms with Gasteiger partial charge in [0.2, 0.25) is 0 Å². The van der Waals surface area contributed by atoms with Crippen LogP contribution in [0.25, 0.3) is 11.4 Å². The Morgan fingerprint density at radius 1 is 0.611 bits per heavy atom. The van der Waals surface area contributed by atoms with Crippen LogP contribution in [0, 0.1) is 0 Å². The summed E-state index contributed by atoms with van der Waals surface area (Å²) >= 11 is 0. The molecule has 0 amide bonds. The molecule has 1 heterocycles. The largest absolute Gasteiger partial charge is 0.494 e. The van der Waals surface area contributed by atoms with E-state index in [2.05, 4.69) is 36.0 Å². The molecule has 0 atom stereocenters. The number of allylic oxidation sites excluding steroid dienone is 1. The number of unbranched alkanes of at least 4 members (excludes halogenated alkanes) is 10. The van der Waals surface area contributed by atoms with Crippen molar-refractivity contribution >= 4 is 0 Å². The first-order chi connectivity index (χ1) is 17.8. The molecule has 36 heavy (non-hydrogen) atoms. The van der Waals surface area contributed by atoms with Gasteiger partial charge in [-0.2, -0.15) is 0 Å². The monoisotopic (exact) mass is 496 g/mol. The van der Waals surface area contributed by atoms with Crippen LogP contribution < -0.4 is 9.47 Å². The van der Waals surface area contributed by atoms with Crippen molar-refractivity contribution in [2.75, 3.05) is 26.4 Å². The molecule has 0 saturated carbocycles. The standard InChI is InChI=1S/C31H48N2O3/c1-3-5-7-9-10-11-12-13-15-24-36-30-26-32-31(33-27-30)28-18-20-29(21-19-28)35-25-17-16-23-34-22-14-8-6-4-2/h13,15,18-21,26-27H,3-12,14,16-17,22-25H2,1-2H3. The normalized spacial score (nSPS) is 11.3. The van der Waals surface area contributed by atoms with Gasteiger partial charge in [0.25, 0.3) is 0 Å². The second-order valence-electron chi connectivity index (χ2n) is 9.33. The van der Waals surface area contributed by atoms with E-state index in [9.17, 15) is 0 Å². The molecule has 5 heteroatoms. The van der Waals surface area contributed by atoms with Crippen LogP contribution in [-0.2, 0) is 4.74 Å². The van der Waals surface area contributed by atoms with Crippen molar-refractivity contribution in [3.8, 4) is 22.9 Å². The SMILES string of the molecule is CCCCCCCCC=CCOc1cnc(-c2ccc(OCCCCOCCCCCC)cc2)nc1. The third kappa shape index (κ3) is 14.2. The lowest BCUT2D eigenvalue weighted by Gasteiger charge is -2.08. The van der Waals surface area contributed by atoms with E-state index in [4.69, 9.17) is 14.2 Å². The second kappa shape index (κ2) is 20.8. The van der Waals surface area contributed by atoms with Gasteiger partial charge in [0, 0.05) is 18.8 Å². The second-order valence-corrected chi connectivity index (χ2v) is 9.33. The summed E-state index contributed by atoms with van der Waals surface area (Å²) in [5, 5.41) is 0. The van der Waals surface area contributed by atoms with Crippen molar-refractivity contribution < 1.29 is 14.2 Å². The summed E-state index contributed by atoms with van der Waals surface area (Å²) in [5.41, 5.74) is 0.962. The molecule has 2 rings (SSSR count). The van der Waals surface area contributed by atoms with Gasteiger partial charge in [-0.1, -0.05) is 77.4 Å². The van der Waals surface area contributed by atoms with Crippen molar-refractivity contribution in [1.29, 1.82) is 0 Å². The summed E-state index contributed by atoms with van der Waals surface area (Å²) in [7, 11) is 0. The van der Waals surface area contributed by atoms with Gasteiger partial charge in [0.15, 0.2) is 11.6 Å². The van der Waals surface area contributed by atoms with Gasteiger partial charge >= 0.3 is 0 Å². The molecule has 0 N–H and O–H groups in total. The Bertz CT molecular complexity index is 790. The molecule has 0 bridgehead atoms. The third-order valence-corrected chi connectivity index (χ3v) is 6.07. The average Bonchev–Trinajstić information content (AvgIpc) is 2.91. The summed E-state index contributed by atoms with van der Waals surface area (Å²) in [4.78, 5) is 8.91. The Kier molecular flexibility index (Phi) is 17.2. The van der Waals surface area contributed by atoms with Crippen LogP contribution in [0.1, 0.15) is 97.3 Å². The van der Waals surface area contributed by atoms with E-state index in [1.54, 1.807) is 12.4 Å². The highest BCUT2D eigenvalue weighted by molar-refractivity contribution is 5.56. The van der Waals surface area contributed by atoms with Gasteiger partial charge in [0.05, 0.1) is 19.0 Å². The first-order valence-electron chi connectivity index (χ1n) is 14.2. The molecule has 200 valence electrons. The lowest BCUT2D eigenvalue weighted by atomic mass is 10.1. The lowest BCUT2D eigenvalue weighted by Crippen LogP contribution is -2.02. The maximum Gasteiger partial charge on any atom is 0.159 e. The Labute approximate surface area is 219 Å². The number of rotatable bonds is 22. The van der Waals surface area contributed by atoms with Crippen molar-refractivity contribution in [3.63, 3.8) is 0 Å². The lowest BCUT2D eigenvalue weighted by molar-refractivity contribution is 0.122. The number of ether oxygens (including phenoxy) is 3. The summed E-state index contributed by atoms with van der Waals surface area (Å²) in [6.45, 7) is 7.44. The van der Waals surface area contributed by atoms with E-state index in [1.165, 1.54) is 64.2 Å². The maximum absolute atomic E-state index is 5.85. The van der Waals surface area contributed by atoms with Gasteiger partial charge < -0.3 is 14.2 Å². The molecular formula is C31H48N2O3. The highest BCUT2D eigenvalue weighted by atomic mass is 16.5. The molecule has 0 fully saturated rings. The topological polar surface area (TPSA) is 53.5 Å². The van der Waals surface area contributed by atoms with Crippen molar-refractivity contribution in [3.05, 3.63) is 48.8 Å². The molecule has 0 radical (unpaired) electrons. The Morgan fingerprint density at radius 2 is 1.22 bits per heavy atom. The predicted molar refractivity (Wildman–Crippen MR) is 150 cm³/mol. The molecule has 0 spiro atoms. The van der Waals surface area contributed by atoms with Crippen molar-refractivity contribution in [2.24, 2.45) is 0 Å². The molecule has 2 aromatic rings. The molecule has 5 nitrogen and oxygen atoms in total. The first kappa shape index (κ1) is 29.8. The van der Waals surface area contributed by atoms with Gasteiger partial charge in [-0.25, -0.2) is 9.97 Å². The minimum atomic E-state index is 0.551. The average molecular weight is 497 g/mol. The minimum Gasteiger partial charge on any atom is -0.494 e. The van der Waals surface area contributed by atoms with E-state index in [0.717, 1.165) is 43.8 Å². The molecule has 0 aliphatic heterocycles. The molecule has 0 saturated heterocycles. The van der Waals surface area contributed by atoms with Crippen molar-refractivity contribution in [1.82, 2.24) is 9.97 Å². The van der Waals surface area contributed by atoms with E-state index in [0.29, 0.717) is 24.8 Å². The van der Waals surface area contributed by atoms with Crippen LogP contribution in [-0.4, -0.2) is 36.4 Å². The van der Waals surface area contributed by atoms with Crippen molar-refractivity contribution in [2.45, 2.75) is 97.3 Å². The zero-order valence-electron chi connectivity index (χ0n) is 22.8. The van der Waals surface area contributed by atoms with Gasteiger partial charge in [-0.15, -0.1) is 0 Å². The molecule has 1 aromatic heterocycles. The number of hydrogen-bond donors (Lipinski definition) is 0. The predicted octanol–water partition coefficient (Wildman–Crippen LogP) is 8.59. The summed E-state index contributed by atoms with van der Waals surface area (Å²) in [6.07, 6.45) is 23.9. The highest BCUT2D eigenvalue weighted by Gasteiger charge is 2.03. The number of nitrogens with zero attached hydrogens (tertiary/aromatic N) is 2. The zero-order valence-corrected chi connectivity index (χ0v) is 22.8. The number of aromatic nitrogens is 2. The summed E-state index contributed by atoms with van der Waals surface area (Å²) in [5.74, 6) is 2.24. The number of hydrogen-bond acceptors (Lipinski definition) is 5. The molecule has 0 unspecified atom stereocenters. The Morgan fingerprint density at radius 3 is 1.94 bits per heavy atom. The van der Waals surface area contributed by atoms with E-state index < -0.39 is 0 Å². The Balaban J connectivity index is 1.56. The van der Waals surface area contributed by atoms with Crippen LogP contribution >= 0.6 is 0 Å². The fraction of sp³-hybridized carbons (Fsp3) is 0.613. The summed E-state index contributed by atoms with van der Waals surface area (Å²) in [6, 6.07) is 7.94. The third-order valence-electron chi connectivity index (χ3n) is 6.07. The first-order valence-corrected chi connectivity index (χ1v) is 14.2.